The van der Waals surface area contributed by atoms with E-state index in [0.29, 0.717) is 0 Å². The molecule has 0 unspecified atom stereocenters. The average Bonchev–Trinajstić information content (AvgIpc) is 3.13. The van der Waals surface area contributed by atoms with Gasteiger partial charge in [0.2, 0.25) is 5.91 Å². The van der Waals surface area contributed by atoms with Crippen LogP contribution in [-0.4, -0.2) is 18.5 Å². The van der Waals surface area contributed by atoms with Crippen LogP contribution in [0.25, 0.3) is 0 Å². The van der Waals surface area contributed by atoms with Crippen molar-refractivity contribution in [2.75, 3.05) is 16.3 Å². The van der Waals surface area contributed by atoms with Gasteiger partial charge in [0, 0.05) is 23.0 Å². The minimum atomic E-state index is 0.0401. The summed E-state index contributed by atoms with van der Waals surface area (Å²) >= 11 is 0. The topological polar surface area (TPSA) is 23.6 Å². The molecule has 142 valence electrons. The molecule has 0 aromatic heterocycles. The maximum absolute atomic E-state index is 13.6. The molecule has 3 nitrogen and oxygen atoms in total. The fourth-order valence-electron chi connectivity index (χ4n) is 4.34. The predicted octanol–water partition coefficient (Wildman–Crippen LogP) is 5.45. The molecule has 0 saturated carbocycles. The SMILES string of the molecule is O=C(CN(c1ccccc1)c1ccccc1)N1c2ccccc2[C@@H]2C=CC=C[C@@H]21. The van der Waals surface area contributed by atoms with Crippen LogP contribution in [0.15, 0.2) is 109 Å². The molecule has 0 bridgehead atoms. The van der Waals surface area contributed by atoms with Crippen LogP contribution in [0.4, 0.5) is 17.1 Å². The molecule has 1 amide bonds. The Bertz CT molecular complexity index is 1030. The third-order valence-electron chi connectivity index (χ3n) is 5.66. The van der Waals surface area contributed by atoms with E-state index in [0.717, 1.165) is 17.1 Å². The zero-order valence-electron chi connectivity index (χ0n) is 16.1. The zero-order valence-corrected chi connectivity index (χ0v) is 16.1. The normalized spacial score (nSPS) is 19.0. The first kappa shape index (κ1) is 17.5. The van der Waals surface area contributed by atoms with Crippen LogP contribution < -0.4 is 9.80 Å². The summed E-state index contributed by atoms with van der Waals surface area (Å²) in [6.45, 7) is 0.281. The number of fused-ring (bicyclic) bond motifs is 3. The Morgan fingerprint density at radius 1 is 0.759 bits per heavy atom. The molecular weight excluding hydrogens is 356 g/mol. The number of nitrogens with zero attached hydrogens (tertiary/aromatic N) is 2. The molecule has 2 atom stereocenters. The Kier molecular flexibility index (Phi) is 4.49. The van der Waals surface area contributed by atoms with E-state index in [4.69, 9.17) is 0 Å². The molecule has 0 fully saturated rings. The minimum Gasteiger partial charge on any atom is -0.332 e. The molecule has 0 saturated heterocycles. The van der Waals surface area contributed by atoms with Gasteiger partial charge >= 0.3 is 0 Å². The van der Waals surface area contributed by atoms with Crippen LogP contribution in [0.1, 0.15) is 11.5 Å². The van der Waals surface area contributed by atoms with Crippen molar-refractivity contribution in [1.29, 1.82) is 0 Å². The molecule has 5 rings (SSSR count). The van der Waals surface area contributed by atoms with Gasteiger partial charge in [0.15, 0.2) is 0 Å². The highest BCUT2D eigenvalue weighted by Gasteiger charge is 2.39. The Labute approximate surface area is 171 Å². The number of anilines is 3. The van der Waals surface area contributed by atoms with Crippen molar-refractivity contribution in [2.24, 2.45) is 0 Å². The van der Waals surface area contributed by atoms with Gasteiger partial charge in [-0.25, -0.2) is 0 Å². The number of amides is 1. The molecule has 3 aromatic carbocycles. The number of rotatable bonds is 4. The van der Waals surface area contributed by atoms with Gasteiger partial charge in [0.25, 0.3) is 0 Å². The first-order valence-corrected chi connectivity index (χ1v) is 9.96. The Hall–Kier alpha value is -3.59. The Balaban J connectivity index is 1.51. The summed E-state index contributed by atoms with van der Waals surface area (Å²) in [5.74, 6) is 0.319. The summed E-state index contributed by atoms with van der Waals surface area (Å²) in [5.41, 5.74) is 4.26. The van der Waals surface area contributed by atoms with Gasteiger partial charge in [-0.15, -0.1) is 0 Å². The maximum atomic E-state index is 13.6. The fourth-order valence-corrected chi connectivity index (χ4v) is 4.34. The summed E-state index contributed by atoms with van der Waals surface area (Å²) in [7, 11) is 0. The molecule has 1 aliphatic heterocycles. The van der Waals surface area contributed by atoms with Gasteiger partial charge in [-0.05, 0) is 35.9 Å². The van der Waals surface area contributed by atoms with E-state index in [1.54, 1.807) is 0 Å². The highest BCUT2D eigenvalue weighted by Crippen LogP contribution is 2.43. The molecule has 1 heterocycles. The number of hydrogen-bond donors (Lipinski definition) is 0. The number of carbonyl (C=O) groups excluding carboxylic acids is 1. The first-order chi connectivity index (χ1) is 14.3. The fraction of sp³-hybridized carbons (Fsp3) is 0.115. The predicted molar refractivity (Wildman–Crippen MR) is 119 cm³/mol. The van der Waals surface area contributed by atoms with E-state index in [1.807, 2.05) is 77.7 Å². The molecule has 3 heteroatoms. The van der Waals surface area contributed by atoms with E-state index < -0.39 is 0 Å². The third kappa shape index (κ3) is 3.15. The van der Waals surface area contributed by atoms with Gasteiger partial charge < -0.3 is 9.80 Å². The van der Waals surface area contributed by atoms with Crippen LogP contribution in [-0.2, 0) is 4.79 Å². The molecule has 2 aliphatic rings. The Morgan fingerprint density at radius 2 is 1.34 bits per heavy atom. The minimum absolute atomic E-state index is 0.0401. The highest BCUT2D eigenvalue weighted by molar-refractivity contribution is 6.01. The second kappa shape index (κ2) is 7.44. The lowest BCUT2D eigenvalue weighted by Gasteiger charge is -2.31. The summed E-state index contributed by atoms with van der Waals surface area (Å²) in [6, 6.07) is 28.5. The van der Waals surface area contributed by atoms with Crippen molar-refractivity contribution in [1.82, 2.24) is 0 Å². The van der Waals surface area contributed by atoms with Crippen molar-refractivity contribution in [2.45, 2.75) is 12.0 Å². The molecular formula is C26H22N2O. The standard InChI is InChI=1S/C26H22N2O/c29-26(19-27(20-11-3-1-4-12-20)21-13-5-2-6-14-21)28-24-17-9-7-15-22(24)23-16-8-10-18-25(23)28/h1-18,22,24H,19H2/t22-,24-/m0/s1. The van der Waals surface area contributed by atoms with E-state index in [2.05, 4.69) is 41.3 Å². The highest BCUT2D eigenvalue weighted by atomic mass is 16.2. The van der Waals surface area contributed by atoms with Gasteiger partial charge in [-0.1, -0.05) is 78.9 Å². The summed E-state index contributed by atoms with van der Waals surface area (Å²) in [4.78, 5) is 17.7. The van der Waals surface area contributed by atoms with Crippen molar-refractivity contribution in [3.8, 4) is 0 Å². The Morgan fingerprint density at radius 3 is 2.03 bits per heavy atom. The van der Waals surface area contributed by atoms with Crippen molar-refractivity contribution in [3.05, 3.63) is 115 Å². The lowest BCUT2D eigenvalue weighted by Crippen LogP contribution is -2.43. The third-order valence-corrected chi connectivity index (χ3v) is 5.66. The monoisotopic (exact) mass is 378 g/mol. The first-order valence-electron chi connectivity index (χ1n) is 9.96. The van der Waals surface area contributed by atoms with Crippen molar-refractivity contribution in [3.63, 3.8) is 0 Å². The molecule has 0 spiro atoms. The van der Waals surface area contributed by atoms with E-state index >= 15 is 0 Å². The molecule has 0 N–H and O–H groups in total. The van der Waals surface area contributed by atoms with E-state index in [9.17, 15) is 4.79 Å². The average molecular weight is 378 g/mol. The van der Waals surface area contributed by atoms with Crippen LogP contribution in [0.3, 0.4) is 0 Å². The molecule has 0 radical (unpaired) electrons. The van der Waals surface area contributed by atoms with Crippen LogP contribution in [0.2, 0.25) is 0 Å². The van der Waals surface area contributed by atoms with Gasteiger partial charge in [-0.3, -0.25) is 4.79 Å². The number of hydrogen-bond acceptors (Lipinski definition) is 2. The second-order valence-electron chi connectivity index (χ2n) is 7.37. The molecule has 29 heavy (non-hydrogen) atoms. The van der Waals surface area contributed by atoms with Crippen molar-refractivity contribution < 1.29 is 4.79 Å². The van der Waals surface area contributed by atoms with E-state index in [-0.39, 0.29) is 24.4 Å². The molecule has 1 aliphatic carbocycles. The van der Waals surface area contributed by atoms with Crippen LogP contribution >= 0.6 is 0 Å². The van der Waals surface area contributed by atoms with E-state index in [1.165, 1.54) is 5.56 Å². The van der Waals surface area contributed by atoms with Crippen molar-refractivity contribution >= 4 is 23.0 Å². The van der Waals surface area contributed by atoms with Gasteiger partial charge in [0.05, 0.1) is 6.04 Å². The van der Waals surface area contributed by atoms with Crippen LogP contribution in [0.5, 0.6) is 0 Å². The zero-order chi connectivity index (χ0) is 19.6. The second-order valence-corrected chi connectivity index (χ2v) is 7.37. The van der Waals surface area contributed by atoms with Gasteiger partial charge in [0.1, 0.15) is 6.54 Å². The number of benzene rings is 3. The quantitative estimate of drug-likeness (QED) is 0.603. The molecule has 3 aromatic rings. The summed E-state index contributed by atoms with van der Waals surface area (Å²) in [5, 5.41) is 0. The summed E-state index contributed by atoms with van der Waals surface area (Å²) < 4.78 is 0. The van der Waals surface area contributed by atoms with Gasteiger partial charge in [-0.2, -0.15) is 0 Å². The number of para-hydroxylation sites is 3. The summed E-state index contributed by atoms with van der Waals surface area (Å²) in [6.07, 6.45) is 8.45. The van der Waals surface area contributed by atoms with Crippen LogP contribution in [0, 0.1) is 0 Å². The largest absolute Gasteiger partial charge is 0.332 e. The lowest BCUT2D eigenvalue weighted by atomic mass is 9.91. The number of carbonyl (C=O) groups is 1. The lowest BCUT2D eigenvalue weighted by molar-refractivity contribution is -0.117. The maximum Gasteiger partial charge on any atom is 0.247 e. The number of allylic oxidation sites excluding steroid dienone is 2. The smallest absolute Gasteiger partial charge is 0.247 e.